The van der Waals surface area contributed by atoms with Gasteiger partial charge in [-0.1, -0.05) is 6.58 Å². The minimum absolute atomic E-state index is 0.0341. The Balaban J connectivity index is 1.89. The first-order valence-electron chi connectivity index (χ1n) is 9.78. The maximum atomic E-state index is 13.0. The van der Waals surface area contributed by atoms with Crippen molar-refractivity contribution in [2.24, 2.45) is 11.7 Å². The number of likely N-dealkylation sites (tertiary alicyclic amines) is 1. The lowest BCUT2D eigenvalue weighted by Gasteiger charge is -2.34. The molecule has 29 heavy (non-hydrogen) atoms. The van der Waals surface area contributed by atoms with Gasteiger partial charge in [0.2, 0.25) is 11.8 Å². The third-order valence-electron chi connectivity index (χ3n) is 5.22. The van der Waals surface area contributed by atoms with Gasteiger partial charge in [-0.25, -0.2) is 4.39 Å². The molecule has 1 aliphatic rings. The number of piperidine rings is 1. The molecule has 8 heteroatoms. The van der Waals surface area contributed by atoms with Crippen LogP contribution >= 0.6 is 0 Å². The minimum Gasteiger partial charge on any atom is -0.490 e. The van der Waals surface area contributed by atoms with Crippen LogP contribution in [0, 0.1) is 11.7 Å². The fourth-order valence-corrected chi connectivity index (χ4v) is 3.37. The van der Waals surface area contributed by atoms with E-state index in [1.165, 1.54) is 17.0 Å². The third kappa shape index (κ3) is 7.14. The lowest BCUT2D eigenvalue weighted by Crippen LogP contribution is -2.43. The van der Waals surface area contributed by atoms with E-state index in [-0.39, 0.29) is 48.9 Å². The lowest BCUT2D eigenvalue weighted by atomic mass is 9.93. The highest BCUT2D eigenvalue weighted by molar-refractivity contribution is 5.92. The Bertz CT molecular complexity index is 702. The van der Waals surface area contributed by atoms with Crippen LogP contribution in [0.1, 0.15) is 19.3 Å². The highest BCUT2D eigenvalue weighted by Crippen LogP contribution is 2.22. The SMILES string of the molecule is C=C(C(N)=O)[C@@H](CC(=O)N(C)CCO)CN1CCC(Oc2ccc(F)cc2)CC1. The zero-order valence-electron chi connectivity index (χ0n) is 16.8. The van der Waals surface area contributed by atoms with Crippen LogP contribution in [0.4, 0.5) is 4.39 Å². The Morgan fingerprint density at radius 2 is 1.97 bits per heavy atom. The molecule has 1 aromatic carbocycles. The summed E-state index contributed by atoms with van der Waals surface area (Å²) in [7, 11) is 1.61. The van der Waals surface area contributed by atoms with Crippen LogP contribution in [0.15, 0.2) is 36.4 Å². The molecule has 7 nitrogen and oxygen atoms in total. The molecular formula is C21H30FN3O4. The number of amides is 2. The molecule has 3 N–H and O–H groups in total. The van der Waals surface area contributed by atoms with E-state index in [0.29, 0.717) is 12.3 Å². The van der Waals surface area contributed by atoms with Gasteiger partial charge in [0.15, 0.2) is 0 Å². The van der Waals surface area contributed by atoms with E-state index in [4.69, 9.17) is 15.6 Å². The topological polar surface area (TPSA) is 96.1 Å². The largest absolute Gasteiger partial charge is 0.490 e. The summed E-state index contributed by atoms with van der Waals surface area (Å²) < 4.78 is 18.9. The van der Waals surface area contributed by atoms with Crippen molar-refractivity contribution in [1.82, 2.24) is 9.80 Å². The van der Waals surface area contributed by atoms with Gasteiger partial charge in [0.05, 0.1) is 6.61 Å². The molecule has 1 aromatic rings. The summed E-state index contributed by atoms with van der Waals surface area (Å²) in [4.78, 5) is 27.6. The summed E-state index contributed by atoms with van der Waals surface area (Å²) in [5, 5.41) is 9.00. The van der Waals surface area contributed by atoms with E-state index in [2.05, 4.69) is 11.5 Å². The summed E-state index contributed by atoms with van der Waals surface area (Å²) in [6.45, 7) is 5.89. The normalized spacial score (nSPS) is 16.2. The Morgan fingerprint density at radius 3 is 2.52 bits per heavy atom. The summed E-state index contributed by atoms with van der Waals surface area (Å²) in [5.74, 6) is -0.812. The molecule has 0 radical (unpaired) electrons. The van der Waals surface area contributed by atoms with Crippen LogP contribution in [0.25, 0.3) is 0 Å². The first-order valence-corrected chi connectivity index (χ1v) is 9.78. The fraction of sp³-hybridized carbons (Fsp3) is 0.524. The quantitative estimate of drug-likeness (QED) is 0.568. The second-order valence-corrected chi connectivity index (χ2v) is 7.40. The van der Waals surface area contributed by atoms with Gasteiger partial charge in [0.1, 0.15) is 17.7 Å². The maximum Gasteiger partial charge on any atom is 0.244 e. The Hall–Kier alpha value is -2.45. The summed E-state index contributed by atoms with van der Waals surface area (Å²) in [5.41, 5.74) is 5.64. The van der Waals surface area contributed by atoms with E-state index in [9.17, 15) is 14.0 Å². The number of hydrogen-bond donors (Lipinski definition) is 2. The number of benzene rings is 1. The van der Waals surface area contributed by atoms with Gasteiger partial charge < -0.3 is 25.4 Å². The monoisotopic (exact) mass is 407 g/mol. The smallest absolute Gasteiger partial charge is 0.244 e. The molecule has 1 atom stereocenters. The summed E-state index contributed by atoms with van der Waals surface area (Å²) in [6.07, 6.45) is 1.72. The number of carbonyl (C=O) groups excluding carboxylic acids is 2. The fourth-order valence-electron chi connectivity index (χ4n) is 3.37. The van der Waals surface area contributed by atoms with Crippen LogP contribution in [0.3, 0.4) is 0 Å². The number of halogens is 1. The van der Waals surface area contributed by atoms with E-state index in [1.54, 1.807) is 19.2 Å². The van der Waals surface area contributed by atoms with Crippen molar-refractivity contribution in [2.75, 3.05) is 39.8 Å². The number of rotatable bonds is 10. The second kappa shape index (κ2) is 10.9. The molecule has 0 aromatic heterocycles. The molecule has 1 heterocycles. The lowest BCUT2D eigenvalue weighted by molar-refractivity contribution is -0.131. The van der Waals surface area contributed by atoms with E-state index < -0.39 is 5.91 Å². The maximum absolute atomic E-state index is 13.0. The van der Waals surface area contributed by atoms with Crippen LogP contribution < -0.4 is 10.5 Å². The second-order valence-electron chi connectivity index (χ2n) is 7.40. The van der Waals surface area contributed by atoms with Crippen molar-refractivity contribution < 1.29 is 23.8 Å². The highest BCUT2D eigenvalue weighted by Gasteiger charge is 2.27. The number of aliphatic hydroxyl groups is 1. The number of likely N-dealkylation sites (N-methyl/N-ethyl adjacent to an activating group) is 1. The van der Waals surface area contributed by atoms with Gasteiger partial charge in [0.25, 0.3) is 0 Å². The average molecular weight is 407 g/mol. The van der Waals surface area contributed by atoms with Gasteiger partial charge in [-0.3, -0.25) is 9.59 Å². The van der Waals surface area contributed by atoms with Crippen molar-refractivity contribution in [3.8, 4) is 5.75 Å². The molecule has 0 bridgehead atoms. The number of nitrogens with zero attached hydrogens (tertiary/aromatic N) is 2. The summed E-state index contributed by atoms with van der Waals surface area (Å²) in [6, 6.07) is 5.97. The van der Waals surface area contributed by atoms with Gasteiger partial charge in [0, 0.05) is 51.1 Å². The van der Waals surface area contributed by atoms with Crippen molar-refractivity contribution in [1.29, 1.82) is 0 Å². The standard InChI is InChI=1S/C21H30FN3O4/c1-15(21(23)28)16(13-20(27)24(2)11-12-26)14-25-9-7-19(8-10-25)29-18-5-3-17(22)4-6-18/h3-6,16,19,26H,1,7-14H2,2H3,(H2,23,28)/t16-/m0/s1. The molecule has 0 aliphatic carbocycles. The van der Waals surface area contributed by atoms with Gasteiger partial charge in [-0.2, -0.15) is 0 Å². The molecule has 160 valence electrons. The number of hydrogen-bond acceptors (Lipinski definition) is 5. The van der Waals surface area contributed by atoms with Crippen LogP contribution in [-0.2, 0) is 9.59 Å². The zero-order chi connectivity index (χ0) is 21.4. The number of ether oxygens (including phenoxy) is 1. The number of primary amides is 1. The van der Waals surface area contributed by atoms with Gasteiger partial charge in [-0.05, 0) is 37.1 Å². The van der Waals surface area contributed by atoms with E-state index in [0.717, 1.165) is 25.9 Å². The molecular weight excluding hydrogens is 377 g/mol. The number of carbonyl (C=O) groups is 2. The average Bonchev–Trinajstić information content (AvgIpc) is 2.70. The summed E-state index contributed by atoms with van der Waals surface area (Å²) >= 11 is 0. The molecule has 0 saturated carbocycles. The minimum atomic E-state index is -0.609. The predicted molar refractivity (Wildman–Crippen MR) is 108 cm³/mol. The third-order valence-corrected chi connectivity index (χ3v) is 5.22. The van der Waals surface area contributed by atoms with E-state index in [1.807, 2.05) is 0 Å². The Morgan fingerprint density at radius 1 is 1.34 bits per heavy atom. The number of nitrogens with two attached hydrogens (primary N) is 1. The van der Waals surface area contributed by atoms with E-state index >= 15 is 0 Å². The Kier molecular flexibility index (Phi) is 8.60. The van der Waals surface area contributed by atoms with Crippen LogP contribution in [-0.4, -0.2) is 72.7 Å². The zero-order valence-corrected chi connectivity index (χ0v) is 16.8. The first kappa shape index (κ1) is 22.8. The first-order chi connectivity index (χ1) is 13.8. The molecule has 0 unspecified atom stereocenters. The molecule has 0 spiro atoms. The van der Waals surface area contributed by atoms with Crippen molar-refractivity contribution in [3.63, 3.8) is 0 Å². The molecule has 1 fully saturated rings. The molecule has 2 rings (SSSR count). The van der Waals surface area contributed by atoms with Crippen molar-refractivity contribution in [3.05, 3.63) is 42.2 Å². The van der Waals surface area contributed by atoms with Gasteiger partial charge in [-0.15, -0.1) is 0 Å². The van der Waals surface area contributed by atoms with Crippen molar-refractivity contribution >= 4 is 11.8 Å². The highest BCUT2D eigenvalue weighted by atomic mass is 19.1. The molecule has 1 aliphatic heterocycles. The van der Waals surface area contributed by atoms with Crippen molar-refractivity contribution in [2.45, 2.75) is 25.4 Å². The molecule has 1 saturated heterocycles. The number of aliphatic hydroxyl groups excluding tert-OH is 1. The van der Waals surface area contributed by atoms with Crippen LogP contribution in [0.2, 0.25) is 0 Å². The Labute approximate surface area is 170 Å². The van der Waals surface area contributed by atoms with Gasteiger partial charge >= 0.3 is 0 Å². The molecule has 2 amide bonds. The van der Waals surface area contributed by atoms with Crippen LogP contribution in [0.5, 0.6) is 5.75 Å². The predicted octanol–water partition coefficient (Wildman–Crippen LogP) is 1.17.